The van der Waals surface area contributed by atoms with Gasteiger partial charge in [0.1, 0.15) is 6.33 Å². The molecule has 5 heteroatoms. The number of nitrogens with zero attached hydrogens (tertiary/aromatic N) is 2. The molecule has 14 heavy (non-hydrogen) atoms. The van der Waals surface area contributed by atoms with Crippen LogP contribution < -0.4 is 10.1 Å². The molecule has 1 aliphatic carbocycles. The zero-order valence-electron chi connectivity index (χ0n) is 7.96. The van der Waals surface area contributed by atoms with E-state index in [0.29, 0.717) is 11.6 Å². The molecular weight excluding hydrogens is 202 g/mol. The first-order valence-electron chi connectivity index (χ1n) is 4.48. The molecule has 76 valence electrons. The Labute approximate surface area is 87.7 Å². The Morgan fingerprint density at radius 3 is 3.00 bits per heavy atom. The van der Waals surface area contributed by atoms with Gasteiger partial charge in [0.25, 0.3) is 0 Å². The Morgan fingerprint density at radius 2 is 2.43 bits per heavy atom. The number of methoxy groups -OCH3 is 1. The Hall–Kier alpha value is -1.03. The van der Waals surface area contributed by atoms with Crippen molar-refractivity contribution in [3.63, 3.8) is 0 Å². The predicted molar refractivity (Wildman–Crippen MR) is 54.9 cm³/mol. The van der Waals surface area contributed by atoms with E-state index in [1.54, 1.807) is 13.3 Å². The maximum absolute atomic E-state index is 5.85. The monoisotopic (exact) mass is 213 g/mol. The molecule has 1 N–H and O–H groups in total. The van der Waals surface area contributed by atoms with Crippen molar-refractivity contribution in [2.75, 3.05) is 18.3 Å². The Morgan fingerprint density at radius 1 is 1.64 bits per heavy atom. The van der Waals surface area contributed by atoms with Crippen molar-refractivity contribution < 1.29 is 4.74 Å². The number of alkyl halides is 1. The van der Waals surface area contributed by atoms with Gasteiger partial charge in [-0.05, 0) is 12.8 Å². The van der Waals surface area contributed by atoms with Crippen LogP contribution in [0, 0.1) is 0 Å². The van der Waals surface area contributed by atoms with E-state index < -0.39 is 0 Å². The van der Waals surface area contributed by atoms with Crippen LogP contribution in [0.3, 0.4) is 0 Å². The number of halogens is 1. The van der Waals surface area contributed by atoms with Crippen molar-refractivity contribution in [2.24, 2.45) is 0 Å². The van der Waals surface area contributed by atoms with Crippen LogP contribution in [0.5, 0.6) is 5.75 Å². The van der Waals surface area contributed by atoms with Crippen LogP contribution in [-0.4, -0.2) is 28.5 Å². The number of ether oxygens (including phenoxy) is 1. The molecule has 0 aliphatic heterocycles. The molecule has 1 fully saturated rings. The second kappa shape index (κ2) is 3.61. The number of hydrogen-bond acceptors (Lipinski definition) is 4. The zero-order chi connectivity index (χ0) is 10.0. The van der Waals surface area contributed by atoms with Crippen molar-refractivity contribution in [3.05, 3.63) is 12.5 Å². The lowest BCUT2D eigenvalue weighted by molar-refractivity contribution is 0.412. The Kier molecular flexibility index (Phi) is 2.46. The zero-order valence-corrected chi connectivity index (χ0v) is 8.71. The highest BCUT2D eigenvalue weighted by Crippen LogP contribution is 2.40. The van der Waals surface area contributed by atoms with Crippen LogP contribution in [0.15, 0.2) is 12.5 Å². The average Bonchev–Trinajstić information content (AvgIpc) is 2.99. The molecule has 1 aliphatic rings. The fraction of sp³-hybridized carbons (Fsp3) is 0.556. The summed E-state index contributed by atoms with van der Waals surface area (Å²) in [5, 5.41) is 3.29. The molecule has 0 spiro atoms. The molecule has 0 atom stereocenters. The van der Waals surface area contributed by atoms with Crippen molar-refractivity contribution in [2.45, 2.75) is 18.4 Å². The summed E-state index contributed by atoms with van der Waals surface area (Å²) in [6.45, 7) is 0. The standard InChI is InChI=1S/C9H12ClN3O/c1-14-7-4-11-6-12-8(7)13-9(5-10)2-3-9/h4,6H,2-3,5H2,1H3,(H,11,12,13). The third-order valence-corrected chi connectivity index (χ3v) is 2.90. The van der Waals surface area contributed by atoms with E-state index in [1.807, 2.05) is 0 Å². The number of aromatic nitrogens is 2. The summed E-state index contributed by atoms with van der Waals surface area (Å²) in [4.78, 5) is 8.00. The number of hydrogen-bond donors (Lipinski definition) is 1. The lowest BCUT2D eigenvalue weighted by atomic mass is 10.3. The first-order valence-corrected chi connectivity index (χ1v) is 5.01. The van der Waals surface area contributed by atoms with Crippen molar-refractivity contribution in [1.29, 1.82) is 0 Å². The molecule has 0 bridgehead atoms. The third kappa shape index (κ3) is 1.75. The van der Waals surface area contributed by atoms with Crippen LogP contribution in [0.25, 0.3) is 0 Å². The SMILES string of the molecule is COc1cncnc1NC1(CCl)CC1. The molecule has 4 nitrogen and oxygen atoms in total. The van der Waals surface area contributed by atoms with E-state index >= 15 is 0 Å². The third-order valence-electron chi connectivity index (χ3n) is 2.39. The van der Waals surface area contributed by atoms with Crippen LogP contribution in [-0.2, 0) is 0 Å². The minimum Gasteiger partial charge on any atom is -0.491 e. The van der Waals surface area contributed by atoms with Gasteiger partial charge >= 0.3 is 0 Å². The second-order valence-electron chi connectivity index (χ2n) is 3.48. The van der Waals surface area contributed by atoms with Gasteiger partial charge in [-0.3, -0.25) is 0 Å². The summed E-state index contributed by atoms with van der Waals surface area (Å²) in [7, 11) is 1.60. The molecule has 0 unspecified atom stereocenters. The van der Waals surface area contributed by atoms with E-state index in [-0.39, 0.29) is 5.54 Å². The first-order chi connectivity index (χ1) is 6.79. The van der Waals surface area contributed by atoms with E-state index in [1.165, 1.54) is 6.33 Å². The Bertz CT molecular complexity index is 328. The van der Waals surface area contributed by atoms with Crippen LogP contribution in [0.4, 0.5) is 5.82 Å². The van der Waals surface area contributed by atoms with Crippen molar-refractivity contribution in [3.8, 4) is 5.75 Å². The van der Waals surface area contributed by atoms with Crippen LogP contribution in [0.2, 0.25) is 0 Å². The molecule has 2 rings (SSSR count). The lowest BCUT2D eigenvalue weighted by Gasteiger charge is -2.16. The second-order valence-corrected chi connectivity index (χ2v) is 3.75. The fourth-order valence-corrected chi connectivity index (χ4v) is 1.59. The molecule has 1 aromatic rings. The van der Waals surface area contributed by atoms with E-state index in [0.717, 1.165) is 18.7 Å². The fourth-order valence-electron chi connectivity index (χ4n) is 1.25. The molecule has 0 saturated heterocycles. The summed E-state index contributed by atoms with van der Waals surface area (Å²) in [6.07, 6.45) is 5.31. The molecule has 0 aromatic carbocycles. The van der Waals surface area contributed by atoms with E-state index in [9.17, 15) is 0 Å². The van der Waals surface area contributed by atoms with Crippen LogP contribution >= 0.6 is 11.6 Å². The summed E-state index contributed by atoms with van der Waals surface area (Å²) in [5.74, 6) is 1.98. The molecule has 0 radical (unpaired) electrons. The largest absolute Gasteiger partial charge is 0.491 e. The van der Waals surface area contributed by atoms with Gasteiger partial charge in [-0.25, -0.2) is 9.97 Å². The van der Waals surface area contributed by atoms with Gasteiger partial charge in [0, 0.05) is 5.88 Å². The van der Waals surface area contributed by atoms with Gasteiger partial charge in [-0.1, -0.05) is 0 Å². The van der Waals surface area contributed by atoms with Gasteiger partial charge in [0.2, 0.25) is 0 Å². The average molecular weight is 214 g/mol. The quantitative estimate of drug-likeness (QED) is 0.773. The lowest BCUT2D eigenvalue weighted by Crippen LogP contribution is -2.24. The Balaban J connectivity index is 2.16. The highest BCUT2D eigenvalue weighted by Gasteiger charge is 2.42. The van der Waals surface area contributed by atoms with E-state index in [2.05, 4.69) is 15.3 Å². The highest BCUT2D eigenvalue weighted by molar-refractivity contribution is 6.19. The van der Waals surface area contributed by atoms with Gasteiger partial charge < -0.3 is 10.1 Å². The van der Waals surface area contributed by atoms with Gasteiger partial charge in [0.15, 0.2) is 11.6 Å². The molecule has 1 heterocycles. The summed E-state index contributed by atoms with van der Waals surface area (Å²) >= 11 is 5.85. The summed E-state index contributed by atoms with van der Waals surface area (Å²) in [6, 6.07) is 0. The van der Waals surface area contributed by atoms with Gasteiger partial charge in [-0.2, -0.15) is 0 Å². The number of rotatable bonds is 4. The topological polar surface area (TPSA) is 47.0 Å². The predicted octanol–water partition coefficient (Wildman–Crippen LogP) is 1.67. The van der Waals surface area contributed by atoms with Crippen molar-refractivity contribution >= 4 is 17.4 Å². The molecule has 1 saturated carbocycles. The maximum atomic E-state index is 5.85. The van der Waals surface area contributed by atoms with Gasteiger partial charge in [0.05, 0.1) is 18.8 Å². The molecule has 0 amide bonds. The summed E-state index contributed by atoms with van der Waals surface area (Å²) < 4.78 is 5.13. The van der Waals surface area contributed by atoms with Crippen molar-refractivity contribution in [1.82, 2.24) is 9.97 Å². The minimum absolute atomic E-state index is 0.0309. The van der Waals surface area contributed by atoms with E-state index in [4.69, 9.17) is 16.3 Å². The minimum atomic E-state index is 0.0309. The number of anilines is 1. The maximum Gasteiger partial charge on any atom is 0.179 e. The molecular formula is C9H12ClN3O. The molecule has 1 aromatic heterocycles. The highest BCUT2D eigenvalue weighted by atomic mass is 35.5. The normalized spacial score (nSPS) is 17.6. The van der Waals surface area contributed by atoms with Gasteiger partial charge in [-0.15, -0.1) is 11.6 Å². The van der Waals surface area contributed by atoms with Crippen LogP contribution in [0.1, 0.15) is 12.8 Å². The first kappa shape index (κ1) is 9.52. The summed E-state index contributed by atoms with van der Waals surface area (Å²) in [5.41, 5.74) is 0.0309. The smallest absolute Gasteiger partial charge is 0.179 e. The number of nitrogens with one attached hydrogen (secondary N) is 1.